The maximum Gasteiger partial charge on any atom is 0.416 e. The van der Waals surface area contributed by atoms with Crippen LogP contribution in [0.2, 0.25) is 10.0 Å². The van der Waals surface area contributed by atoms with E-state index in [9.17, 15) is 41.3 Å². The van der Waals surface area contributed by atoms with Gasteiger partial charge in [0.05, 0.1) is 32.2 Å². The van der Waals surface area contributed by atoms with Crippen molar-refractivity contribution in [3.05, 3.63) is 109 Å². The molecule has 1 saturated carbocycles. The Bertz CT molecular complexity index is 1920. The molecule has 11 nitrogen and oxygen atoms in total. The number of halogens is 5. The monoisotopic (exact) mass is 686 g/mol. The van der Waals surface area contributed by atoms with Crippen molar-refractivity contribution < 1.29 is 50.5 Å². The standard InChI is InChI=1S/C14H7ClF3NO5.C14H12ClNO4S/c15-10-5-7(14(16,17)18)1-4-12(10)24-8-2-3-11(19(22)23)9(6-8)13(20)21;1-21(18,19)12-6-9(15)4-5-10(12)13(17)11-7-16-20-14(11)8-2-3-8/h1-6H,(H,20,21);4-8H,2-3H2,1H3. The maximum atomic E-state index is 12.6. The number of nitro benzene ring substituents is 1. The summed E-state index contributed by atoms with van der Waals surface area (Å²) in [4.78, 5) is 33.5. The van der Waals surface area contributed by atoms with Gasteiger partial charge in [-0.25, -0.2) is 13.2 Å². The number of ketones is 1. The zero-order chi connectivity index (χ0) is 33.3. The Labute approximate surface area is 262 Å². The van der Waals surface area contributed by atoms with E-state index in [0.29, 0.717) is 17.4 Å². The zero-order valence-corrected chi connectivity index (χ0v) is 25.0. The highest BCUT2D eigenvalue weighted by molar-refractivity contribution is 7.90. The molecular weight excluding hydrogens is 668 g/mol. The second-order valence-electron chi connectivity index (χ2n) is 9.61. The van der Waals surface area contributed by atoms with Crippen LogP contribution in [-0.2, 0) is 16.0 Å². The topological polar surface area (TPSA) is 167 Å². The number of aromatic nitrogens is 1. The normalized spacial score (nSPS) is 13.0. The first-order valence-electron chi connectivity index (χ1n) is 12.5. The third-order valence-corrected chi connectivity index (χ3v) is 7.93. The lowest BCUT2D eigenvalue weighted by atomic mass is 10.0. The Morgan fingerprint density at radius 3 is 2.29 bits per heavy atom. The van der Waals surface area contributed by atoms with Crippen LogP contribution in [0, 0.1) is 10.1 Å². The van der Waals surface area contributed by atoms with Gasteiger partial charge in [0.1, 0.15) is 17.1 Å². The summed E-state index contributed by atoms with van der Waals surface area (Å²) < 4.78 is 71.8. The van der Waals surface area contributed by atoms with E-state index in [1.54, 1.807) is 0 Å². The van der Waals surface area contributed by atoms with Gasteiger partial charge in [0.15, 0.2) is 21.4 Å². The van der Waals surface area contributed by atoms with Crippen LogP contribution in [0.3, 0.4) is 0 Å². The van der Waals surface area contributed by atoms with Gasteiger partial charge in [0.2, 0.25) is 0 Å². The minimum Gasteiger partial charge on any atom is -0.477 e. The molecule has 0 spiro atoms. The van der Waals surface area contributed by atoms with E-state index in [1.807, 2.05) is 0 Å². The fraction of sp³-hybridized carbons (Fsp3) is 0.179. The molecule has 0 saturated heterocycles. The average Bonchev–Trinajstić information content (AvgIpc) is 3.68. The Hall–Kier alpha value is -4.47. The molecule has 0 aliphatic heterocycles. The first-order chi connectivity index (χ1) is 21.0. The van der Waals surface area contributed by atoms with Crippen molar-refractivity contribution in [2.75, 3.05) is 6.26 Å². The van der Waals surface area contributed by atoms with Gasteiger partial charge in [-0.05, 0) is 55.3 Å². The van der Waals surface area contributed by atoms with E-state index < -0.39 is 49.5 Å². The number of carboxylic acid groups (broad SMARTS) is 1. The van der Waals surface area contributed by atoms with Crippen molar-refractivity contribution in [1.82, 2.24) is 5.16 Å². The van der Waals surface area contributed by atoms with E-state index in [0.717, 1.165) is 49.4 Å². The first kappa shape index (κ1) is 33.4. The summed E-state index contributed by atoms with van der Waals surface area (Å²) in [5.41, 5.74) is -1.83. The number of aromatic carboxylic acids is 1. The fourth-order valence-electron chi connectivity index (χ4n) is 3.99. The minimum absolute atomic E-state index is 0.0806. The third-order valence-electron chi connectivity index (χ3n) is 6.26. The van der Waals surface area contributed by atoms with Crippen LogP contribution in [0.15, 0.2) is 70.2 Å². The summed E-state index contributed by atoms with van der Waals surface area (Å²) >= 11 is 11.6. The molecule has 0 amide bonds. The Kier molecular flexibility index (Phi) is 9.56. The number of hydrogen-bond donors (Lipinski definition) is 1. The number of sulfone groups is 1. The highest BCUT2D eigenvalue weighted by atomic mass is 35.5. The molecule has 0 unspecified atom stereocenters. The number of alkyl halides is 3. The third kappa shape index (κ3) is 7.98. The fourth-order valence-corrected chi connectivity index (χ4v) is 5.35. The van der Waals surface area contributed by atoms with Gasteiger partial charge in [-0.1, -0.05) is 28.4 Å². The van der Waals surface area contributed by atoms with Crippen LogP contribution >= 0.6 is 23.2 Å². The molecule has 1 heterocycles. The zero-order valence-electron chi connectivity index (χ0n) is 22.7. The van der Waals surface area contributed by atoms with Crippen molar-refractivity contribution in [3.8, 4) is 11.5 Å². The highest BCUT2D eigenvalue weighted by Crippen LogP contribution is 2.42. The molecule has 3 aromatic carbocycles. The van der Waals surface area contributed by atoms with Gasteiger partial charge >= 0.3 is 12.1 Å². The van der Waals surface area contributed by atoms with Crippen molar-refractivity contribution in [3.63, 3.8) is 0 Å². The van der Waals surface area contributed by atoms with Crippen molar-refractivity contribution >= 4 is 50.5 Å². The SMILES string of the molecule is CS(=O)(=O)c1cc(Cl)ccc1C(=O)c1cnoc1C1CC1.O=C(O)c1cc(Oc2ccc(C(F)(F)F)cc2Cl)ccc1[N+](=O)[O-]. The second kappa shape index (κ2) is 12.9. The van der Waals surface area contributed by atoms with Crippen molar-refractivity contribution in [1.29, 1.82) is 0 Å². The number of carbonyl (C=O) groups excluding carboxylic acids is 1. The molecule has 1 aliphatic rings. The van der Waals surface area contributed by atoms with E-state index in [-0.39, 0.29) is 37.9 Å². The number of carbonyl (C=O) groups is 2. The number of nitrogens with zero attached hydrogens (tertiary/aromatic N) is 2. The number of benzene rings is 3. The molecule has 0 bridgehead atoms. The summed E-state index contributed by atoms with van der Waals surface area (Å²) in [7, 11) is -3.57. The smallest absolute Gasteiger partial charge is 0.416 e. The molecule has 4 aromatic rings. The lowest BCUT2D eigenvalue weighted by Crippen LogP contribution is -2.10. The maximum absolute atomic E-state index is 12.6. The van der Waals surface area contributed by atoms with Gasteiger partial charge in [0, 0.05) is 34.9 Å². The number of hydrogen-bond acceptors (Lipinski definition) is 9. The molecule has 1 fully saturated rings. The molecule has 17 heteroatoms. The lowest BCUT2D eigenvalue weighted by molar-refractivity contribution is -0.385. The van der Waals surface area contributed by atoms with Gasteiger partial charge in [-0.3, -0.25) is 14.9 Å². The van der Waals surface area contributed by atoms with E-state index >= 15 is 0 Å². The predicted molar refractivity (Wildman–Crippen MR) is 153 cm³/mol. The highest BCUT2D eigenvalue weighted by Gasteiger charge is 2.34. The van der Waals surface area contributed by atoms with Crippen LogP contribution < -0.4 is 4.74 Å². The molecule has 0 radical (unpaired) electrons. The molecular formula is C28H19Cl2F3N2O9S. The van der Waals surface area contributed by atoms with Crippen LogP contribution in [-0.4, -0.2) is 41.6 Å². The van der Waals surface area contributed by atoms with Gasteiger partial charge in [-0.2, -0.15) is 13.2 Å². The predicted octanol–water partition coefficient (Wildman–Crippen LogP) is 7.60. The Morgan fingerprint density at radius 2 is 1.73 bits per heavy atom. The van der Waals surface area contributed by atoms with E-state index in [2.05, 4.69) is 5.16 Å². The van der Waals surface area contributed by atoms with Gasteiger partial charge < -0.3 is 14.4 Å². The molecule has 1 N–H and O–H groups in total. The van der Waals surface area contributed by atoms with Gasteiger partial charge in [0.25, 0.3) is 5.69 Å². The summed E-state index contributed by atoms with van der Waals surface area (Å²) in [5.74, 6) is -1.50. The molecule has 1 aromatic heterocycles. The van der Waals surface area contributed by atoms with Crippen molar-refractivity contribution in [2.45, 2.75) is 29.8 Å². The summed E-state index contributed by atoms with van der Waals surface area (Å²) in [5, 5.41) is 23.3. The van der Waals surface area contributed by atoms with E-state index in [4.69, 9.17) is 37.6 Å². The summed E-state index contributed by atoms with van der Waals surface area (Å²) in [6.45, 7) is 0. The lowest BCUT2D eigenvalue weighted by Gasteiger charge is -2.11. The number of rotatable bonds is 8. The van der Waals surface area contributed by atoms with Crippen LogP contribution in [0.1, 0.15) is 56.4 Å². The van der Waals surface area contributed by atoms with Crippen LogP contribution in [0.5, 0.6) is 11.5 Å². The number of nitro groups is 1. The Morgan fingerprint density at radius 1 is 1.04 bits per heavy atom. The Balaban J connectivity index is 0.000000206. The van der Waals surface area contributed by atoms with Crippen molar-refractivity contribution in [2.24, 2.45) is 0 Å². The first-order valence-corrected chi connectivity index (χ1v) is 15.2. The summed E-state index contributed by atoms with van der Waals surface area (Å²) in [6, 6.07) is 9.47. The number of ether oxygens (including phenoxy) is 1. The molecule has 0 atom stereocenters. The minimum atomic E-state index is -4.58. The average molecular weight is 687 g/mol. The van der Waals surface area contributed by atoms with Gasteiger partial charge in [-0.15, -0.1) is 0 Å². The van der Waals surface area contributed by atoms with Crippen LogP contribution in [0.25, 0.3) is 0 Å². The quantitative estimate of drug-likeness (QED) is 0.111. The molecule has 236 valence electrons. The largest absolute Gasteiger partial charge is 0.477 e. The van der Waals surface area contributed by atoms with E-state index in [1.165, 1.54) is 24.4 Å². The number of carboxylic acids is 1. The van der Waals surface area contributed by atoms with Crippen LogP contribution in [0.4, 0.5) is 18.9 Å². The molecule has 45 heavy (non-hydrogen) atoms. The summed E-state index contributed by atoms with van der Waals surface area (Å²) in [6.07, 6.45) is -0.280. The molecule has 1 aliphatic carbocycles. The molecule has 5 rings (SSSR count). The second-order valence-corrected chi connectivity index (χ2v) is 12.4.